The zero-order chi connectivity index (χ0) is 21.2. The van der Waals surface area contributed by atoms with Crippen LogP contribution in [0.1, 0.15) is 28.5 Å². The number of ether oxygens (including phenoxy) is 2. The van der Waals surface area contributed by atoms with Crippen molar-refractivity contribution in [2.45, 2.75) is 30.7 Å². The van der Waals surface area contributed by atoms with E-state index in [0.717, 1.165) is 22.4 Å². The van der Waals surface area contributed by atoms with Crippen molar-refractivity contribution in [2.75, 3.05) is 0 Å². The van der Waals surface area contributed by atoms with Crippen LogP contribution in [-0.4, -0.2) is 20.2 Å². The predicted octanol–water partition coefficient (Wildman–Crippen LogP) is 5.01. The topological polar surface area (TPSA) is 62.1 Å². The van der Waals surface area contributed by atoms with Gasteiger partial charge >= 0.3 is 0 Å². The van der Waals surface area contributed by atoms with Crippen LogP contribution in [0.4, 0.5) is 4.39 Å². The quantitative estimate of drug-likeness (QED) is 0.412. The molecule has 1 aromatic heterocycles. The van der Waals surface area contributed by atoms with E-state index in [1.165, 1.54) is 23.9 Å². The molecular formula is C23H19FN4O2S. The SMILES string of the molecule is Cc1cccc(-n2nnnc2SCc2cc(F)cc3c2OC(c2ccccc2)OC3)c1. The zero-order valence-electron chi connectivity index (χ0n) is 16.7. The van der Waals surface area contributed by atoms with E-state index in [2.05, 4.69) is 15.5 Å². The van der Waals surface area contributed by atoms with Crippen LogP contribution in [0.15, 0.2) is 71.9 Å². The molecule has 2 heterocycles. The van der Waals surface area contributed by atoms with Crippen molar-refractivity contribution in [1.82, 2.24) is 20.2 Å². The van der Waals surface area contributed by atoms with Crippen LogP contribution in [0, 0.1) is 12.7 Å². The van der Waals surface area contributed by atoms with Gasteiger partial charge in [-0.3, -0.25) is 0 Å². The molecule has 1 unspecified atom stereocenters. The first-order chi connectivity index (χ1) is 15.2. The largest absolute Gasteiger partial charge is 0.460 e. The van der Waals surface area contributed by atoms with Gasteiger partial charge in [0.15, 0.2) is 0 Å². The van der Waals surface area contributed by atoms with Crippen molar-refractivity contribution >= 4 is 11.8 Å². The number of hydrogen-bond acceptors (Lipinski definition) is 6. The van der Waals surface area contributed by atoms with E-state index in [-0.39, 0.29) is 12.4 Å². The van der Waals surface area contributed by atoms with Crippen LogP contribution in [0.3, 0.4) is 0 Å². The molecule has 3 aromatic carbocycles. The first-order valence-electron chi connectivity index (χ1n) is 9.80. The third-order valence-corrected chi connectivity index (χ3v) is 5.91. The maximum atomic E-state index is 14.3. The number of nitrogens with zero attached hydrogens (tertiary/aromatic N) is 4. The fraction of sp³-hybridized carbons (Fsp3) is 0.174. The highest BCUT2D eigenvalue weighted by Crippen LogP contribution is 2.38. The summed E-state index contributed by atoms with van der Waals surface area (Å²) in [5.41, 5.74) is 4.34. The molecule has 8 heteroatoms. The molecule has 0 fully saturated rings. The van der Waals surface area contributed by atoms with E-state index < -0.39 is 6.29 Å². The van der Waals surface area contributed by atoms with Crippen molar-refractivity contribution in [2.24, 2.45) is 0 Å². The van der Waals surface area contributed by atoms with Gasteiger partial charge in [-0.05, 0) is 47.2 Å². The minimum absolute atomic E-state index is 0.283. The normalized spacial score (nSPS) is 15.4. The molecular weight excluding hydrogens is 415 g/mol. The minimum Gasteiger partial charge on any atom is -0.460 e. The fourth-order valence-corrected chi connectivity index (χ4v) is 4.35. The number of aryl methyl sites for hydroxylation is 1. The van der Waals surface area contributed by atoms with E-state index in [1.807, 2.05) is 61.5 Å². The molecule has 0 radical (unpaired) electrons. The summed E-state index contributed by atoms with van der Waals surface area (Å²) in [6.07, 6.45) is -0.527. The molecule has 0 amide bonds. The molecule has 1 aliphatic heterocycles. The molecule has 0 saturated heterocycles. The van der Waals surface area contributed by atoms with Crippen molar-refractivity contribution in [3.05, 3.63) is 94.8 Å². The number of fused-ring (bicyclic) bond motifs is 1. The zero-order valence-corrected chi connectivity index (χ0v) is 17.6. The van der Waals surface area contributed by atoms with E-state index in [4.69, 9.17) is 9.47 Å². The second kappa shape index (κ2) is 8.49. The van der Waals surface area contributed by atoms with Crippen molar-refractivity contribution in [3.63, 3.8) is 0 Å². The molecule has 31 heavy (non-hydrogen) atoms. The summed E-state index contributed by atoms with van der Waals surface area (Å²) in [6, 6.07) is 20.6. The Kier molecular flexibility index (Phi) is 5.40. The van der Waals surface area contributed by atoms with Gasteiger partial charge in [0.2, 0.25) is 11.4 Å². The third-order valence-electron chi connectivity index (χ3n) is 4.94. The number of thioether (sulfide) groups is 1. The first kappa shape index (κ1) is 19.7. The lowest BCUT2D eigenvalue weighted by Gasteiger charge is -2.28. The summed E-state index contributed by atoms with van der Waals surface area (Å²) in [5.74, 6) is 0.787. The Bertz CT molecular complexity index is 1220. The monoisotopic (exact) mass is 434 g/mol. The summed E-state index contributed by atoms with van der Waals surface area (Å²) in [4.78, 5) is 0. The molecule has 4 aromatic rings. The van der Waals surface area contributed by atoms with Gasteiger partial charge in [-0.2, -0.15) is 4.68 Å². The van der Waals surface area contributed by atoms with Crippen molar-refractivity contribution in [3.8, 4) is 11.4 Å². The number of halogens is 1. The van der Waals surface area contributed by atoms with E-state index >= 15 is 0 Å². The average Bonchev–Trinajstić information content (AvgIpc) is 3.26. The lowest BCUT2D eigenvalue weighted by molar-refractivity contribution is -0.112. The molecule has 6 nitrogen and oxygen atoms in total. The second-order valence-corrected chi connectivity index (χ2v) is 8.17. The van der Waals surface area contributed by atoms with Crippen LogP contribution in [0.25, 0.3) is 5.69 Å². The van der Waals surface area contributed by atoms with Crippen LogP contribution >= 0.6 is 11.8 Å². The maximum absolute atomic E-state index is 14.3. The standard InChI is InChI=1S/C23H19FN4O2S/c1-15-6-5-9-20(10-15)28-23(25-26-27-28)31-14-18-12-19(24)11-17-13-29-22(30-21(17)18)16-7-3-2-4-8-16/h2-12,22H,13-14H2,1H3. The predicted molar refractivity (Wildman–Crippen MR) is 114 cm³/mol. The Morgan fingerprint density at radius 1 is 1.10 bits per heavy atom. The second-order valence-electron chi connectivity index (χ2n) is 7.23. The van der Waals surface area contributed by atoms with Gasteiger partial charge < -0.3 is 9.47 Å². The first-order valence-corrected chi connectivity index (χ1v) is 10.8. The maximum Gasteiger partial charge on any atom is 0.227 e. The van der Waals surface area contributed by atoms with E-state index in [9.17, 15) is 4.39 Å². The Hall–Kier alpha value is -3.23. The summed E-state index contributed by atoms with van der Waals surface area (Å²) >= 11 is 1.43. The third kappa shape index (κ3) is 4.17. The van der Waals surface area contributed by atoms with E-state index in [1.54, 1.807) is 4.68 Å². The van der Waals surface area contributed by atoms with Crippen LogP contribution in [0.2, 0.25) is 0 Å². The summed E-state index contributed by atoms with van der Waals surface area (Å²) < 4.78 is 27.9. The van der Waals surface area contributed by atoms with Gasteiger partial charge in [-0.15, -0.1) is 5.10 Å². The number of hydrogen-bond donors (Lipinski definition) is 0. The Labute approximate surface area is 183 Å². The molecule has 0 saturated carbocycles. The molecule has 156 valence electrons. The van der Waals surface area contributed by atoms with Gasteiger partial charge in [0.1, 0.15) is 11.6 Å². The fourth-order valence-electron chi connectivity index (χ4n) is 3.49. The van der Waals surface area contributed by atoms with Gasteiger partial charge in [0.25, 0.3) is 0 Å². The average molecular weight is 434 g/mol. The Balaban J connectivity index is 1.40. The summed E-state index contributed by atoms with van der Waals surface area (Å²) in [6.45, 7) is 2.30. The number of aromatic nitrogens is 4. The summed E-state index contributed by atoms with van der Waals surface area (Å²) in [7, 11) is 0. The minimum atomic E-state index is -0.527. The molecule has 0 N–H and O–H groups in total. The van der Waals surface area contributed by atoms with Crippen LogP contribution in [0.5, 0.6) is 5.75 Å². The number of tetrazole rings is 1. The van der Waals surface area contributed by atoms with Crippen molar-refractivity contribution in [1.29, 1.82) is 0 Å². The molecule has 1 aliphatic rings. The Morgan fingerprint density at radius 2 is 1.97 bits per heavy atom. The molecule has 0 spiro atoms. The molecule has 0 aliphatic carbocycles. The molecule has 0 bridgehead atoms. The lowest BCUT2D eigenvalue weighted by Crippen LogP contribution is -2.19. The van der Waals surface area contributed by atoms with Gasteiger partial charge in [0.05, 0.1) is 12.3 Å². The Morgan fingerprint density at radius 3 is 2.81 bits per heavy atom. The summed E-state index contributed by atoms with van der Waals surface area (Å²) in [5, 5.41) is 12.7. The van der Waals surface area contributed by atoms with Crippen LogP contribution < -0.4 is 4.74 Å². The molecule has 1 atom stereocenters. The highest BCUT2D eigenvalue weighted by Gasteiger charge is 2.25. The van der Waals surface area contributed by atoms with Crippen molar-refractivity contribution < 1.29 is 13.9 Å². The van der Waals surface area contributed by atoms with Gasteiger partial charge in [-0.25, -0.2) is 4.39 Å². The van der Waals surface area contributed by atoms with E-state index in [0.29, 0.717) is 22.2 Å². The number of rotatable bonds is 5. The lowest BCUT2D eigenvalue weighted by atomic mass is 10.1. The smallest absolute Gasteiger partial charge is 0.227 e. The number of benzene rings is 3. The van der Waals surface area contributed by atoms with Gasteiger partial charge in [0, 0.05) is 22.4 Å². The van der Waals surface area contributed by atoms with Gasteiger partial charge in [-0.1, -0.05) is 54.2 Å². The van der Waals surface area contributed by atoms with Crippen LogP contribution in [-0.2, 0) is 17.1 Å². The molecule has 5 rings (SSSR count). The highest BCUT2D eigenvalue weighted by atomic mass is 32.2. The highest BCUT2D eigenvalue weighted by molar-refractivity contribution is 7.98.